The number of benzene rings is 1. The van der Waals surface area contributed by atoms with Crippen LogP contribution in [0, 0.1) is 0 Å². The summed E-state index contributed by atoms with van der Waals surface area (Å²) in [6.07, 6.45) is 3.94. The van der Waals surface area contributed by atoms with E-state index in [1.807, 2.05) is 24.3 Å². The molecule has 5 heteroatoms. The fraction of sp³-hybridized carbons (Fsp3) is 0.286. The van der Waals surface area contributed by atoms with E-state index >= 15 is 0 Å². The Balaban J connectivity index is 1.57. The van der Waals surface area contributed by atoms with Gasteiger partial charge in [-0.1, -0.05) is 17.3 Å². The summed E-state index contributed by atoms with van der Waals surface area (Å²) < 4.78 is 4.63. The molecule has 3 rings (SSSR count). The van der Waals surface area contributed by atoms with Gasteiger partial charge < -0.3 is 15.2 Å². The third-order valence-corrected chi connectivity index (χ3v) is 3.05. The number of nitrogens with zero attached hydrogens (tertiary/aromatic N) is 1. The van der Waals surface area contributed by atoms with Gasteiger partial charge in [0.25, 0.3) is 5.91 Å². The van der Waals surface area contributed by atoms with E-state index in [0.717, 1.165) is 12.2 Å². The van der Waals surface area contributed by atoms with E-state index in [9.17, 15) is 4.79 Å². The Bertz CT molecular complexity index is 545. The zero-order chi connectivity index (χ0) is 13.1. The van der Waals surface area contributed by atoms with Crippen LogP contribution in [0.25, 0.3) is 0 Å². The number of carbonyl (C=O) groups is 1. The van der Waals surface area contributed by atoms with Gasteiger partial charge in [-0.15, -0.1) is 0 Å². The molecule has 1 aromatic heterocycles. The van der Waals surface area contributed by atoms with E-state index < -0.39 is 0 Å². The minimum Gasteiger partial charge on any atom is -0.364 e. The minimum atomic E-state index is -0.266. The zero-order valence-corrected chi connectivity index (χ0v) is 10.4. The van der Waals surface area contributed by atoms with Crippen molar-refractivity contribution in [1.82, 2.24) is 10.5 Å². The predicted molar refractivity (Wildman–Crippen MR) is 70.8 cm³/mol. The molecule has 1 aromatic carbocycles. The highest BCUT2D eigenvalue weighted by Gasteiger charge is 2.19. The second kappa shape index (κ2) is 5.24. The van der Waals surface area contributed by atoms with Crippen LogP contribution in [0.5, 0.6) is 0 Å². The Morgan fingerprint density at radius 1 is 1.26 bits per heavy atom. The van der Waals surface area contributed by atoms with Crippen molar-refractivity contribution >= 4 is 11.6 Å². The van der Waals surface area contributed by atoms with Crippen LogP contribution in [-0.2, 0) is 6.54 Å². The Morgan fingerprint density at radius 2 is 2.05 bits per heavy atom. The lowest BCUT2D eigenvalue weighted by Gasteiger charge is -2.06. The molecular formula is C14H15N3O2. The van der Waals surface area contributed by atoms with Gasteiger partial charge in [-0.25, -0.2) is 0 Å². The van der Waals surface area contributed by atoms with Gasteiger partial charge in [-0.05, 0) is 30.5 Å². The van der Waals surface area contributed by atoms with Crippen LogP contribution in [0.3, 0.4) is 0 Å². The monoisotopic (exact) mass is 257 g/mol. The molecule has 5 nitrogen and oxygen atoms in total. The highest BCUT2D eigenvalue weighted by Crippen LogP contribution is 2.19. The van der Waals surface area contributed by atoms with Crippen molar-refractivity contribution in [2.45, 2.75) is 25.4 Å². The molecule has 2 aromatic rings. The molecule has 19 heavy (non-hydrogen) atoms. The molecule has 2 N–H and O–H groups in total. The summed E-state index contributed by atoms with van der Waals surface area (Å²) in [6.45, 7) is 0.877. The molecule has 0 unspecified atom stereocenters. The van der Waals surface area contributed by atoms with E-state index in [1.54, 1.807) is 0 Å². The summed E-state index contributed by atoms with van der Waals surface area (Å²) in [5.41, 5.74) is 2.24. The zero-order valence-electron chi connectivity index (χ0n) is 10.4. The topological polar surface area (TPSA) is 67.2 Å². The molecule has 0 bridgehead atoms. The number of anilines is 1. The van der Waals surface area contributed by atoms with Gasteiger partial charge in [0.15, 0.2) is 5.69 Å². The number of aromatic nitrogens is 1. The predicted octanol–water partition coefficient (Wildman–Crippen LogP) is 2.18. The lowest BCUT2D eigenvalue weighted by Crippen LogP contribution is -2.15. The number of hydrogen-bond donors (Lipinski definition) is 2. The average Bonchev–Trinajstić information content (AvgIpc) is 3.09. The summed E-state index contributed by atoms with van der Waals surface area (Å²) in [7, 11) is 0. The molecule has 1 heterocycles. The number of rotatable bonds is 5. The van der Waals surface area contributed by atoms with E-state index in [2.05, 4.69) is 20.3 Å². The molecule has 1 aliphatic rings. The maximum atomic E-state index is 11.7. The Labute approximate surface area is 111 Å². The lowest BCUT2D eigenvalue weighted by molar-refractivity contribution is 0.101. The lowest BCUT2D eigenvalue weighted by atomic mass is 10.2. The largest absolute Gasteiger partial charge is 0.364 e. The van der Waals surface area contributed by atoms with Gasteiger partial charge in [0, 0.05) is 24.3 Å². The molecule has 0 atom stereocenters. The number of nitrogens with one attached hydrogen (secondary N) is 2. The normalized spacial score (nSPS) is 14.3. The third kappa shape index (κ3) is 3.20. The molecule has 1 aliphatic carbocycles. The van der Waals surface area contributed by atoms with Crippen LogP contribution in [0.4, 0.5) is 5.69 Å². The van der Waals surface area contributed by atoms with E-state index in [0.29, 0.717) is 6.04 Å². The van der Waals surface area contributed by atoms with Gasteiger partial charge in [0.2, 0.25) is 0 Å². The smallest absolute Gasteiger partial charge is 0.277 e. The van der Waals surface area contributed by atoms with Crippen LogP contribution in [0.1, 0.15) is 28.9 Å². The van der Waals surface area contributed by atoms with Crippen molar-refractivity contribution in [2.24, 2.45) is 0 Å². The first-order valence-corrected chi connectivity index (χ1v) is 6.35. The quantitative estimate of drug-likeness (QED) is 0.861. The van der Waals surface area contributed by atoms with E-state index in [1.165, 1.54) is 30.7 Å². The maximum absolute atomic E-state index is 11.7. The summed E-state index contributed by atoms with van der Waals surface area (Å²) in [5.74, 6) is -0.266. The van der Waals surface area contributed by atoms with Crippen molar-refractivity contribution in [1.29, 1.82) is 0 Å². The van der Waals surface area contributed by atoms with Gasteiger partial charge in [-0.3, -0.25) is 4.79 Å². The van der Waals surface area contributed by atoms with Crippen LogP contribution in [-0.4, -0.2) is 17.1 Å². The van der Waals surface area contributed by atoms with Crippen molar-refractivity contribution < 1.29 is 9.32 Å². The molecule has 1 fully saturated rings. The fourth-order valence-corrected chi connectivity index (χ4v) is 1.78. The Hall–Kier alpha value is -2.14. The number of carbonyl (C=O) groups excluding carboxylic acids is 1. The minimum absolute atomic E-state index is 0.266. The van der Waals surface area contributed by atoms with Crippen LogP contribution in [0.2, 0.25) is 0 Å². The first-order valence-electron chi connectivity index (χ1n) is 6.35. The maximum Gasteiger partial charge on any atom is 0.277 e. The molecule has 0 aliphatic heterocycles. The first kappa shape index (κ1) is 11.9. The summed E-state index contributed by atoms with van der Waals surface area (Å²) in [6, 6.07) is 10.0. The fourth-order valence-electron chi connectivity index (χ4n) is 1.78. The summed E-state index contributed by atoms with van der Waals surface area (Å²) in [5, 5.41) is 9.80. The second-order valence-corrected chi connectivity index (χ2v) is 4.69. The van der Waals surface area contributed by atoms with Gasteiger partial charge >= 0.3 is 0 Å². The van der Waals surface area contributed by atoms with Crippen molar-refractivity contribution in [3.8, 4) is 0 Å². The Kier molecular flexibility index (Phi) is 3.29. The van der Waals surface area contributed by atoms with Crippen LogP contribution in [0.15, 0.2) is 41.1 Å². The average molecular weight is 257 g/mol. The molecule has 98 valence electrons. The number of hydrogen-bond acceptors (Lipinski definition) is 4. The first-order chi connectivity index (χ1) is 9.31. The standard InChI is InChI=1S/C14H15N3O2/c18-14(13-7-8-19-17-13)16-12-3-1-10(2-4-12)9-15-11-5-6-11/h1-4,7-8,11,15H,5-6,9H2,(H,16,18). The third-order valence-electron chi connectivity index (χ3n) is 3.05. The summed E-state index contributed by atoms with van der Waals surface area (Å²) in [4.78, 5) is 11.7. The molecule has 0 spiro atoms. The molecule has 0 saturated heterocycles. The SMILES string of the molecule is O=C(Nc1ccc(CNC2CC2)cc1)c1ccon1. The van der Waals surface area contributed by atoms with Crippen molar-refractivity contribution in [2.75, 3.05) is 5.32 Å². The van der Waals surface area contributed by atoms with E-state index in [4.69, 9.17) is 0 Å². The number of amides is 1. The molecule has 1 amide bonds. The van der Waals surface area contributed by atoms with Crippen LogP contribution >= 0.6 is 0 Å². The highest BCUT2D eigenvalue weighted by molar-refractivity contribution is 6.02. The van der Waals surface area contributed by atoms with Crippen molar-refractivity contribution in [3.05, 3.63) is 47.9 Å². The van der Waals surface area contributed by atoms with E-state index in [-0.39, 0.29) is 11.6 Å². The molecule has 0 radical (unpaired) electrons. The molecule has 1 saturated carbocycles. The van der Waals surface area contributed by atoms with Crippen molar-refractivity contribution in [3.63, 3.8) is 0 Å². The Morgan fingerprint density at radius 3 is 2.68 bits per heavy atom. The van der Waals surface area contributed by atoms with Gasteiger partial charge in [-0.2, -0.15) is 0 Å². The summed E-state index contributed by atoms with van der Waals surface area (Å²) >= 11 is 0. The van der Waals surface area contributed by atoms with Crippen LogP contribution < -0.4 is 10.6 Å². The molecular weight excluding hydrogens is 242 g/mol. The second-order valence-electron chi connectivity index (χ2n) is 4.69. The highest BCUT2D eigenvalue weighted by atomic mass is 16.5. The van der Waals surface area contributed by atoms with Gasteiger partial charge in [0.05, 0.1) is 0 Å². The van der Waals surface area contributed by atoms with Gasteiger partial charge in [0.1, 0.15) is 6.26 Å².